The van der Waals surface area contributed by atoms with Crippen LogP contribution in [0.1, 0.15) is 18.4 Å². The Morgan fingerprint density at radius 3 is 2.40 bits per heavy atom. The number of aromatic hydroxyl groups is 1. The number of urea groups is 1. The zero-order valence-electron chi connectivity index (χ0n) is 23.1. The average molecular weight is 634 g/mol. The van der Waals surface area contributed by atoms with Crippen LogP contribution in [0.4, 0.5) is 34.5 Å². The Balaban J connectivity index is 1.10. The lowest BCUT2D eigenvalue weighted by Gasteiger charge is -2.15. The number of hydrogen-bond donors (Lipinski definition) is 3. The minimum Gasteiger partial charge on any atom is -0.507 e. The van der Waals surface area contributed by atoms with Crippen molar-refractivity contribution in [2.24, 2.45) is 0 Å². The molecule has 45 heavy (non-hydrogen) atoms. The maximum atomic E-state index is 13.4. The lowest BCUT2D eigenvalue weighted by molar-refractivity contribution is -0.137. The zero-order valence-corrected chi connectivity index (χ0v) is 23.9. The molecule has 1 aliphatic heterocycles. The van der Waals surface area contributed by atoms with E-state index in [9.17, 15) is 27.9 Å². The molecule has 0 bridgehead atoms. The fourth-order valence-electron chi connectivity index (χ4n) is 4.49. The van der Waals surface area contributed by atoms with Crippen molar-refractivity contribution in [1.29, 1.82) is 0 Å². The molecule has 3 amide bonds. The van der Waals surface area contributed by atoms with Crippen molar-refractivity contribution < 1.29 is 32.6 Å². The molecule has 3 aromatic heterocycles. The van der Waals surface area contributed by atoms with E-state index in [2.05, 4.69) is 30.6 Å². The summed E-state index contributed by atoms with van der Waals surface area (Å²) in [6.45, 7) is 0.672. The number of nitrogens with one attached hydrogen (secondary N) is 2. The molecule has 2 aromatic carbocycles. The Kier molecular flexibility index (Phi) is 8.00. The molecule has 5 aromatic rings. The predicted molar refractivity (Wildman–Crippen MR) is 160 cm³/mol. The van der Waals surface area contributed by atoms with Crippen LogP contribution >= 0.6 is 11.3 Å². The number of carbonyl (C=O) groups excluding carboxylic acids is 2. The number of rotatable bonds is 7. The van der Waals surface area contributed by atoms with Gasteiger partial charge in [0.2, 0.25) is 5.91 Å². The van der Waals surface area contributed by atoms with Gasteiger partial charge in [-0.25, -0.2) is 19.7 Å². The molecule has 228 valence electrons. The van der Waals surface area contributed by atoms with E-state index in [4.69, 9.17) is 4.74 Å². The van der Waals surface area contributed by atoms with Gasteiger partial charge in [-0.1, -0.05) is 23.5 Å². The van der Waals surface area contributed by atoms with E-state index in [1.54, 1.807) is 35.4 Å². The van der Waals surface area contributed by atoms with Gasteiger partial charge in [-0.2, -0.15) is 13.2 Å². The monoisotopic (exact) mass is 633 g/mol. The van der Waals surface area contributed by atoms with Gasteiger partial charge < -0.3 is 20.5 Å². The summed E-state index contributed by atoms with van der Waals surface area (Å²) >= 11 is 1.43. The van der Waals surface area contributed by atoms with Gasteiger partial charge in [-0.3, -0.25) is 14.7 Å². The fraction of sp³-hybridized carbons (Fsp3) is 0.133. The van der Waals surface area contributed by atoms with Crippen molar-refractivity contribution in [3.8, 4) is 39.2 Å². The molecule has 15 heteroatoms. The maximum Gasteiger partial charge on any atom is 0.417 e. The molecule has 1 saturated heterocycles. The van der Waals surface area contributed by atoms with Crippen LogP contribution in [0.25, 0.3) is 21.7 Å². The average Bonchev–Trinajstić information content (AvgIpc) is 3.68. The van der Waals surface area contributed by atoms with Crippen molar-refractivity contribution in [1.82, 2.24) is 19.9 Å². The van der Waals surface area contributed by atoms with Gasteiger partial charge >= 0.3 is 18.2 Å². The number of nitrogens with zero attached hydrogens (tertiary/aromatic N) is 5. The van der Waals surface area contributed by atoms with Crippen LogP contribution in [0.3, 0.4) is 0 Å². The first-order valence-corrected chi connectivity index (χ1v) is 14.3. The third kappa shape index (κ3) is 6.67. The second-order valence-electron chi connectivity index (χ2n) is 9.75. The van der Waals surface area contributed by atoms with E-state index in [0.29, 0.717) is 30.0 Å². The van der Waals surface area contributed by atoms with Crippen molar-refractivity contribution in [3.63, 3.8) is 0 Å². The molecule has 0 unspecified atom stereocenters. The van der Waals surface area contributed by atoms with Crippen molar-refractivity contribution >= 4 is 39.8 Å². The van der Waals surface area contributed by atoms with Crippen LogP contribution in [0.15, 0.2) is 79.4 Å². The summed E-state index contributed by atoms with van der Waals surface area (Å²) in [7, 11) is 0. The smallest absolute Gasteiger partial charge is 0.417 e. The Hall–Kier alpha value is -5.57. The molecule has 1 fully saturated rings. The number of benzene rings is 2. The van der Waals surface area contributed by atoms with Crippen LogP contribution in [-0.2, 0) is 11.0 Å². The number of anilines is 3. The molecular weight excluding hydrogens is 611 g/mol. The van der Waals surface area contributed by atoms with Gasteiger partial charge in [0.15, 0.2) is 5.13 Å². The summed E-state index contributed by atoms with van der Waals surface area (Å²) in [6, 6.07) is 12.9. The zero-order chi connectivity index (χ0) is 31.6. The first kappa shape index (κ1) is 29.5. The van der Waals surface area contributed by atoms with Crippen molar-refractivity contribution in [2.45, 2.75) is 19.0 Å². The summed E-state index contributed by atoms with van der Waals surface area (Å²) in [6.07, 6.45) is 1.53. The van der Waals surface area contributed by atoms with Gasteiger partial charge in [0.05, 0.1) is 39.9 Å². The molecule has 3 N–H and O–H groups in total. The molecule has 6 rings (SSSR count). The number of ether oxygens (including phenoxy) is 1. The third-order valence-electron chi connectivity index (χ3n) is 6.65. The molecule has 0 saturated carbocycles. The van der Waals surface area contributed by atoms with E-state index in [-0.39, 0.29) is 40.3 Å². The highest BCUT2D eigenvalue weighted by Gasteiger charge is 2.32. The standard InChI is InChI=1S/C30H22F3N7O4S/c31-30(32,33)18-12-22(26(34-13-18)21-4-1-2-5-23(21)41)39-27(43)38-19-14-35-28(36-15-19)44-20-9-7-17(8-10-20)24-16-37-29(45-24)40-11-3-6-25(40)42/h1-2,4-5,7-10,12-16,41H,3,6,11H2,(H2,38,39,43). The number of carbonyl (C=O) groups is 2. The number of phenolic OH excluding ortho intramolecular Hbond substituents is 1. The Morgan fingerprint density at radius 2 is 1.71 bits per heavy atom. The second kappa shape index (κ2) is 12.2. The highest BCUT2D eigenvalue weighted by molar-refractivity contribution is 7.19. The number of halogens is 3. The van der Waals surface area contributed by atoms with Gasteiger partial charge in [-0.05, 0) is 54.4 Å². The summed E-state index contributed by atoms with van der Waals surface area (Å²) in [4.78, 5) is 43.7. The van der Waals surface area contributed by atoms with Gasteiger partial charge in [0, 0.05) is 30.9 Å². The number of pyridine rings is 1. The van der Waals surface area contributed by atoms with Crippen molar-refractivity contribution in [2.75, 3.05) is 22.1 Å². The quantitative estimate of drug-likeness (QED) is 0.175. The molecule has 0 atom stereocenters. The summed E-state index contributed by atoms with van der Waals surface area (Å²) in [5, 5.41) is 15.7. The SMILES string of the molecule is O=C(Nc1cnc(Oc2ccc(-c3cnc(N4CCCC4=O)s3)cc2)nc1)Nc1cc(C(F)(F)F)cnc1-c1ccccc1O. The van der Waals surface area contributed by atoms with E-state index in [0.717, 1.165) is 22.9 Å². The lowest BCUT2D eigenvalue weighted by Crippen LogP contribution is -2.23. The molecule has 0 spiro atoms. The topological polar surface area (TPSA) is 142 Å². The Bertz CT molecular complexity index is 1870. The molecule has 0 aliphatic carbocycles. The maximum absolute atomic E-state index is 13.4. The number of thiazole rings is 1. The number of aromatic nitrogens is 4. The molecule has 1 aliphatic rings. The molecular formula is C30H22F3N7O4S. The second-order valence-corrected chi connectivity index (χ2v) is 10.8. The summed E-state index contributed by atoms with van der Waals surface area (Å²) in [5.74, 6) is 0.304. The van der Waals surface area contributed by atoms with E-state index in [1.165, 1.54) is 35.9 Å². The molecule has 11 nitrogen and oxygen atoms in total. The van der Waals surface area contributed by atoms with Crippen LogP contribution < -0.4 is 20.3 Å². The predicted octanol–water partition coefficient (Wildman–Crippen LogP) is 6.95. The van der Waals surface area contributed by atoms with Gasteiger partial charge in [0.25, 0.3) is 0 Å². The summed E-state index contributed by atoms with van der Waals surface area (Å²) in [5.41, 5.74) is -0.241. The lowest BCUT2D eigenvalue weighted by atomic mass is 10.1. The van der Waals surface area contributed by atoms with Crippen molar-refractivity contribution in [3.05, 3.63) is 84.9 Å². The minimum absolute atomic E-state index is 0.00903. The van der Waals surface area contributed by atoms with Crippen LogP contribution in [0.2, 0.25) is 0 Å². The van der Waals surface area contributed by atoms with Crippen LogP contribution in [-0.4, -0.2) is 43.5 Å². The third-order valence-corrected chi connectivity index (χ3v) is 7.72. The van der Waals surface area contributed by atoms with E-state index >= 15 is 0 Å². The number of para-hydroxylation sites is 1. The van der Waals surface area contributed by atoms with Crippen LogP contribution in [0.5, 0.6) is 17.5 Å². The number of alkyl halides is 3. The molecule has 0 radical (unpaired) electrons. The van der Waals surface area contributed by atoms with Crippen LogP contribution in [0, 0.1) is 0 Å². The molecule has 4 heterocycles. The first-order valence-electron chi connectivity index (χ1n) is 13.4. The normalized spacial score (nSPS) is 13.1. The fourth-order valence-corrected chi connectivity index (χ4v) is 5.45. The number of amides is 3. The highest BCUT2D eigenvalue weighted by atomic mass is 32.1. The highest BCUT2D eigenvalue weighted by Crippen LogP contribution is 2.37. The summed E-state index contributed by atoms with van der Waals surface area (Å²) < 4.78 is 45.8. The minimum atomic E-state index is -4.71. The Labute approximate surface area is 257 Å². The first-order chi connectivity index (χ1) is 21.6. The van der Waals surface area contributed by atoms with Gasteiger partial charge in [0.1, 0.15) is 11.5 Å². The van der Waals surface area contributed by atoms with Gasteiger partial charge in [-0.15, -0.1) is 0 Å². The Morgan fingerprint density at radius 1 is 0.956 bits per heavy atom. The number of phenols is 1. The number of hydrogen-bond acceptors (Lipinski definition) is 9. The van der Waals surface area contributed by atoms with E-state index < -0.39 is 17.8 Å². The van der Waals surface area contributed by atoms with E-state index in [1.807, 2.05) is 12.1 Å². The largest absolute Gasteiger partial charge is 0.507 e.